The lowest BCUT2D eigenvalue weighted by Gasteiger charge is -1.98. The van der Waals surface area contributed by atoms with Gasteiger partial charge in [-0.05, 0) is 40.9 Å². The minimum atomic E-state index is -0.220. The van der Waals surface area contributed by atoms with Crippen LogP contribution in [0, 0.1) is 0 Å². The van der Waals surface area contributed by atoms with Crippen LogP contribution in [0.25, 0.3) is 0 Å². The maximum absolute atomic E-state index is 12.0. The number of nitrogens with one attached hydrogen (secondary N) is 1. The minimum absolute atomic E-state index is 0.166. The molecule has 0 atom stereocenters. The van der Waals surface area contributed by atoms with Gasteiger partial charge in [-0.15, -0.1) is 22.7 Å². The molecule has 0 spiro atoms. The van der Waals surface area contributed by atoms with E-state index in [4.69, 9.17) is 0 Å². The fourth-order valence-corrected chi connectivity index (χ4v) is 3.61. The van der Waals surface area contributed by atoms with Crippen LogP contribution in [-0.2, 0) is 16.0 Å². The van der Waals surface area contributed by atoms with Crippen molar-refractivity contribution in [3.05, 3.63) is 31.9 Å². The van der Waals surface area contributed by atoms with Crippen molar-refractivity contribution < 1.29 is 14.3 Å². The Bertz CT molecular complexity index is 639. The summed E-state index contributed by atoms with van der Waals surface area (Å²) in [6.45, 7) is 0. The molecular weight excluding hydrogens is 376 g/mol. The van der Waals surface area contributed by atoms with E-state index in [9.17, 15) is 9.59 Å². The average molecular weight is 389 g/mol. The van der Waals surface area contributed by atoms with Crippen LogP contribution in [0.3, 0.4) is 0 Å². The number of rotatable bonds is 6. The van der Waals surface area contributed by atoms with Gasteiger partial charge in [-0.25, -0.2) is 4.98 Å². The lowest BCUT2D eigenvalue weighted by molar-refractivity contribution is -0.140. The van der Waals surface area contributed by atoms with E-state index in [1.54, 1.807) is 6.07 Å². The van der Waals surface area contributed by atoms with Crippen LogP contribution in [0.2, 0.25) is 0 Å². The third kappa shape index (κ3) is 4.90. The highest BCUT2D eigenvalue weighted by molar-refractivity contribution is 9.11. The van der Waals surface area contributed by atoms with Gasteiger partial charge in [-0.3, -0.25) is 14.9 Å². The van der Waals surface area contributed by atoms with E-state index in [2.05, 4.69) is 31.0 Å². The van der Waals surface area contributed by atoms with Gasteiger partial charge in [-0.1, -0.05) is 0 Å². The van der Waals surface area contributed by atoms with E-state index in [0.717, 1.165) is 9.48 Å². The fraction of sp³-hybridized carbons (Fsp3) is 0.308. The zero-order valence-electron chi connectivity index (χ0n) is 11.2. The lowest BCUT2D eigenvalue weighted by Crippen LogP contribution is -2.09. The van der Waals surface area contributed by atoms with Gasteiger partial charge in [0.1, 0.15) is 0 Å². The Morgan fingerprint density at radius 1 is 1.43 bits per heavy atom. The quantitative estimate of drug-likeness (QED) is 0.765. The second kappa shape index (κ2) is 7.67. The van der Waals surface area contributed by atoms with Crippen LogP contribution >= 0.6 is 38.6 Å². The Kier molecular flexibility index (Phi) is 5.89. The van der Waals surface area contributed by atoms with Crippen LogP contribution in [0.4, 0.5) is 5.13 Å². The molecule has 0 radical (unpaired) electrons. The van der Waals surface area contributed by atoms with Gasteiger partial charge < -0.3 is 4.74 Å². The molecular formula is C13H13BrN2O3S2. The maximum Gasteiger partial charge on any atom is 0.305 e. The number of halogens is 1. The van der Waals surface area contributed by atoms with E-state index in [0.29, 0.717) is 29.3 Å². The molecule has 2 aromatic heterocycles. The molecule has 5 nitrogen and oxygen atoms in total. The van der Waals surface area contributed by atoms with Crippen molar-refractivity contribution in [3.8, 4) is 0 Å². The van der Waals surface area contributed by atoms with Gasteiger partial charge >= 0.3 is 5.97 Å². The number of carbonyl (C=O) groups excluding carboxylic acids is 2. The predicted molar refractivity (Wildman–Crippen MR) is 87.0 cm³/mol. The number of esters is 1. The largest absolute Gasteiger partial charge is 0.469 e. The first-order chi connectivity index (χ1) is 10.1. The van der Waals surface area contributed by atoms with Crippen LogP contribution < -0.4 is 5.32 Å². The summed E-state index contributed by atoms with van der Waals surface area (Å²) in [5, 5.41) is 5.22. The van der Waals surface area contributed by atoms with Gasteiger partial charge in [-0.2, -0.15) is 0 Å². The molecule has 0 aromatic carbocycles. The standard InChI is InChI=1S/C13H13BrN2O3S2/c1-19-11(17)4-2-3-8-7-20-13(15-8)16-12(18)9-5-6-10(14)21-9/h5-7H,2-4H2,1H3,(H,15,16,18). The average Bonchev–Trinajstić information content (AvgIpc) is 3.08. The monoisotopic (exact) mass is 388 g/mol. The second-order valence-corrected chi connectivity index (χ2v) is 7.45. The summed E-state index contributed by atoms with van der Waals surface area (Å²) in [7, 11) is 1.38. The van der Waals surface area contributed by atoms with Crippen molar-refractivity contribution >= 4 is 55.6 Å². The molecule has 2 heterocycles. The smallest absolute Gasteiger partial charge is 0.305 e. The molecule has 2 rings (SSSR count). The number of methoxy groups -OCH3 is 1. The van der Waals surface area contributed by atoms with E-state index >= 15 is 0 Å². The van der Waals surface area contributed by atoms with Crippen molar-refractivity contribution in [1.82, 2.24) is 4.98 Å². The molecule has 0 aliphatic rings. The summed E-state index contributed by atoms with van der Waals surface area (Å²) in [5.74, 6) is -0.386. The zero-order chi connectivity index (χ0) is 15.2. The molecule has 0 saturated heterocycles. The van der Waals surface area contributed by atoms with Crippen LogP contribution in [0.5, 0.6) is 0 Å². The Morgan fingerprint density at radius 2 is 2.24 bits per heavy atom. The number of ether oxygens (including phenoxy) is 1. The van der Waals surface area contributed by atoms with Gasteiger partial charge in [0.15, 0.2) is 5.13 Å². The summed E-state index contributed by atoms with van der Waals surface area (Å²) in [6, 6.07) is 3.59. The van der Waals surface area contributed by atoms with Gasteiger partial charge in [0, 0.05) is 11.8 Å². The Labute approximate surface area is 138 Å². The number of carbonyl (C=O) groups is 2. The Hall–Kier alpha value is -1.25. The summed E-state index contributed by atoms with van der Waals surface area (Å²) >= 11 is 6.07. The molecule has 1 amide bonds. The highest BCUT2D eigenvalue weighted by Gasteiger charge is 2.11. The van der Waals surface area contributed by atoms with Crippen LogP contribution in [-0.4, -0.2) is 24.0 Å². The number of thiophene rings is 1. The Morgan fingerprint density at radius 3 is 2.90 bits per heavy atom. The highest BCUT2D eigenvalue weighted by Crippen LogP contribution is 2.24. The van der Waals surface area contributed by atoms with Gasteiger partial charge in [0.25, 0.3) is 5.91 Å². The summed E-state index contributed by atoms with van der Waals surface area (Å²) in [6.07, 6.45) is 1.74. The number of aryl methyl sites for hydroxylation is 1. The predicted octanol–water partition coefficient (Wildman–Crippen LogP) is 3.72. The second-order valence-electron chi connectivity index (χ2n) is 4.13. The third-order valence-corrected chi connectivity index (χ3v) is 5.04. The first kappa shape index (κ1) is 16.1. The number of anilines is 1. The van der Waals surface area contributed by atoms with Crippen molar-refractivity contribution in [2.75, 3.05) is 12.4 Å². The normalized spacial score (nSPS) is 10.4. The van der Waals surface area contributed by atoms with Crippen LogP contribution in [0.15, 0.2) is 21.3 Å². The first-order valence-electron chi connectivity index (χ1n) is 6.16. The minimum Gasteiger partial charge on any atom is -0.469 e. The SMILES string of the molecule is COC(=O)CCCc1csc(NC(=O)c2ccc(Br)s2)n1. The first-order valence-corrected chi connectivity index (χ1v) is 8.65. The molecule has 1 N–H and O–H groups in total. The number of nitrogens with zero attached hydrogens (tertiary/aromatic N) is 1. The van der Waals surface area contributed by atoms with E-state index < -0.39 is 0 Å². The summed E-state index contributed by atoms with van der Waals surface area (Å²) < 4.78 is 5.49. The number of thiazole rings is 1. The Balaban J connectivity index is 1.85. The number of hydrogen-bond acceptors (Lipinski definition) is 6. The van der Waals surface area contributed by atoms with Crippen molar-refractivity contribution in [3.63, 3.8) is 0 Å². The maximum atomic E-state index is 12.0. The van der Waals surface area contributed by atoms with E-state index in [1.165, 1.54) is 29.8 Å². The van der Waals surface area contributed by atoms with Crippen molar-refractivity contribution in [2.24, 2.45) is 0 Å². The third-order valence-electron chi connectivity index (χ3n) is 2.61. The van der Waals surface area contributed by atoms with Crippen molar-refractivity contribution in [1.29, 1.82) is 0 Å². The van der Waals surface area contributed by atoms with Gasteiger partial charge in [0.2, 0.25) is 0 Å². The molecule has 0 saturated carbocycles. The van der Waals surface area contributed by atoms with Crippen molar-refractivity contribution in [2.45, 2.75) is 19.3 Å². The molecule has 0 aliphatic heterocycles. The molecule has 0 unspecified atom stereocenters. The number of aromatic nitrogens is 1. The van der Waals surface area contributed by atoms with E-state index in [-0.39, 0.29) is 11.9 Å². The number of amides is 1. The molecule has 8 heteroatoms. The molecule has 0 bridgehead atoms. The number of hydrogen-bond donors (Lipinski definition) is 1. The van der Waals surface area contributed by atoms with Gasteiger partial charge in [0.05, 0.1) is 21.5 Å². The fourth-order valence-electron chi connectivity index (χ4n) is 1.59. The molecule has 0 aliphatic carbocycles. The lowest BCUT2D eigenvalue weighted by atomic mass is 10.2. The molecule has 112 valence electrons. The molecule has 0 fully saturated rings. The molecule has 2 aromatic rings. The topological polar surface area (TPSA) is 68.3 Å². The highest BCUT2D eigenvalue weighted by atomic mass is 79.9. The zero-order valence-corrected chi connectivity index (χ0v) is 14.4. The van der Waals surface area contributed by atoms with Crippen LogP contribution in [0.1, 0.15) is 28.2 Å². The summed E-state index contributed by atoms with van der Waals surface area (Å²) in [5.41, 5.74) is 0.867. The summed E-state index contributed by atoms with van der Waals surface area (Å²) in [4.78, 5) is 27.9. The van der Waals surface area contributed by atoms with E-state index in [1.807, 2.05) is 11.4 Å². The molecule has 21 heavy (non-hydrogen) atoms.